The maximum Gasteiger partial charge on any atom is 0.243 e. The van der Waals surface area contributed by atoms with E-state index in [1.54, 1.807) is 0 Å². The molecule has 1 unspecified atom stereocenters. The molecule has 1 atom stereocenters. The van der Waals surface area contributed by atoms with E-state index in [1.807, 2.05) is 20.8 Å². The zero-order valence-corrected chi connectivity index (χ0v) is 12.6. The first kappa shape index (κ1) is 16.4. The number of halogens is 2. The smallest absolute Gasteiger partial charge is 0.243 e. The maximum atomic E-state index is 13.8. The van der Waals surface area contributed by atoms with Gasteiger partial charge in [0.2, 0.25) is 10.0 Å². The van der Waals surface area contributed by atoms with Gasteiger partial charge in [-0.1, -0.05) is 38.4 Å². The molecule has 0 fully saturated rings. The first-order valence-corrected chi connectivity index (χ1v) is 7.62. The fourth-order valence-corrected chi connectivity index (χ4v) is 3.31. The number of hydrogen-bond donors (Lipinski definition) is 2. The standard InChI is InChI=1S/C12H18ClFN2O2S/c1-12(2,3)10(7-15)16-19(17,18)9-6-4-5-8(13)11(9)14/h4-6,10,16H,7,15H2,1-3H3. The Morgan fingerprint density at radius 3 is 2.47 bits per heavy atom. The third kappa shape index (κ3) is 3.89. The van der Waals surface area contributed by atoms with E-state index in [0.29, 0.717) is 0 Å². The minimum absolute atomic E-state index is 0.116. The van der Waals surface area contributed by atoms with Gasteiger partial charge < -0.3 is 5.73 Å². The summed E-state index contributed by atoms with van der Waals surface area (Å²) in [7, 11) is -4.00. The molecule has 0 aliphatic carbocycles. The lowest BCUT2D eigenvalue weighted by Gasteiger charge is -2.30. The largest absolute Gasteiger partial charge is 0.329 e. The van der Waals surface area contributed by atoms with Crippen molar-refractivity contribution in [1.82, 2.24) is 4.72 Å². The first-order valence-electron chi connectivity index (χ1n) is 5.76. The molecule has 0 aromatic heterocycles. The van der Waals surface area contributed by atoms with Crippen molar-refractivity contribution in [2.45, 2.75) is 31.7 Å². The van der Waals surface area contributed by atoms with Crippen LogP contribution < -0.4 is 10.5 Å². The Balaban J connectivity index is 3.15. The van der Waals surface area contributed by atoms with Crippen molar-refractivity contribution in [2.24, 2.45) is 11.1 Å². The van der Waals surface area contributed by atoms with E-state index in [9.17, 15) is 12.8 Å². The van der Waals surface area contributed by atoms with Crippen molar-refractivity contribution in [3.05, 3.63) is 29.0 Å². The van der Waals surface area contributed by atoms with Crippen LogP contribution in [0, 0.1) is 11.2 Å². The summed E-state index contributed by atoms with van der Waals surface area (Å²) in [6.45, 7) is 5.66. The lowest BCUT2D eigenvalue weighted by molar-refractivity contribution is 0.304. The highest BCUT2D eigenvalue weighted by Crippen LogP contribution is 2.24. The van der Waals surface area contributed by atoms with Crippen LogP contribution in [0.1, 0.15) is 20.8 Å². The summed E-state index contributed by atoms with van der Waals surface area (Å²) in [4.78, 5) is -0.470. The highest BCUT2D eigenvalue weighted by atomic mass is 35.5. The van der Waals surface area contributed by atoms with Crippen LogP contribution in [0.3, 0.4) is 0 Å². The molecule has 0 aliphatic rings. The van der Waals surface area contributed by atoms with Gasteiger partial charge in [0.1, 0.15) is 4.90 Å². The SMILES string of the molecule is CC(C)(C)C(CN)NS(=O)(=O)c1cccc(Cl)c1F. The van der Waals surface area contributed by atoms with Crippen molar-refractivity contribution >= 4 is 21.6 Å². The van der Waals surface area contributed by atoms with Gasteiger partial charge in [-0.25, -0.2) is 17.5 Å². The van der Waals surface area contributed by atoms with E-state index in [4.69, 9.17) is 17.3 Å². The van der Waals surface area contributed by atoms with Crippen LogP contribution in [-0.4, -0.2) is 21.0 Å². The molecule has 0 amide bonds. The minimum Gasteiger partial charge on any atom is -0.329 e. The van der Waals surface area contributed by atoms with Crippen molar-refractivity contribution in [3.8, 4) is 0 Å². The molecule has 1 rings (SSSR count). The Morgan fingerprint density at radius 2 is 2.00 bits per heavy atom. The third-order valence-corrected chi connectivity index (χ3v) is 4.57. The molecule has 3 N–H and O–H groups in total. The molecule has 7 heteroatoms. The Kier molecular flexibility index (Phi) is 4.95. The van der Waals surface area contributed by atoms with Crippen LogP contribution in [0.5, 0.6) is 0 Å². The predicted octanol–water partition coefficient (Wildman–Crippen LogP) is 2.13. The molecule has 0 spiro atoms. The fourth-order valence-electron chi connectivity index (χ4n) is 1.52. The Labute approximate surface area is 118 Å². The van der Waals surface area contributed by atoms with Gasteiger partial charge in [-0.05, 0) is 17.5 Å². The number of nitrogens with two attached hydrogens (primary N) is 1. The fraction of sp³-hybridized carbons (Fsp3) is 0.500. The van der Waals surface area contributed by atoms with Gasteiger partial charge in [-0.15, -0.1) is 0 Å². The normalized spacial score (nSPS) is 14.4. The highest BCUT2D eigenvalue weighted by Gasteiger charge is 2.30. The first-order chi connectivity index (χ1) is 8.59. The third-order valence-electron chi connectivity index (χ3n) is 2.78. The molecule has 0 radical (unpaired) electrons. The molecule has 0 saturated heterocycles. The van der Waals surface area contributed by atoms with Crippen LogP contribution in [0.15, 0.2) is 23.1 Å². The summed E-state index contributed by atoms with van der Waals surface area (Å²) in [5.74, 6) is -0.957. The van der Waals surface area contributed by atoms with E-state index >= 15 is 0 Å². The van der Waals surface area contributed by atoms with E-state index < -0.39 is 26.8 Å². The van der Waals surface area contributed by atoms with Crippen LogP contribution in [0.2, 0.25) is 5.02 Å². The van der Waals surface area contributed by atoms with Crippen LogP contribution in [0.25, 0.3) is 0 Å². The van der Waals surface area contributed by atoms with Crippen molar-refractivity contribution < 1.29 is 12.8 Å². The van der Waals surface area contributed by atoms with Gasteiger partial charge in [0.05, 0.1) is 5.02 Å². The molecule has 0 saturated carbocycles. The maximum absolute atomic E-state index is 13.8. The van der Waals surface area contributed by atoms with Gasteiger partial charge in [0.25, 0.3) is 0 Å². The second-order valence-electron chi connectivity index (χ2n) is 5.33. The zero-order chi connectivity index (χ0) is 14.8. The molecule has 4 nitrogen and oxygen atoms in total. The molecule has 19 heavy (non-hydrogen) atoms. The van der Waals surface area contributed by atoms with Crippen LogP contribution >= 0.6 is 11.6 Å². The minimum atomic E-state index is -4.00. The molecule has 0 bridgehead atoms. The van der Waals surface area contributed by atoms with Gasteiger partial charge in [-0.2, -0.15) is 0 Å². The summed E-state index contributed by atoms with van der Waals surface area (Å²) in [6, 6.07) is 3.34. The molecule has 0 heterocycles. The molecule has 1 aromatic rings. The second kappa shape index (κ2) is 5.75. The summed E-state index contributed by atoms with van der Waals surface area (Å²) in [5, 5.41) is -0.233. The number of hydrogen-bond acceptors (Lipinski definition) is 3. The number of rotatable bonds is 4. The van der Waals surface area contributed by atoms with E-state index in [-0.39, 0.29) is 17.0 Å². The van der Waals surface area contributed by atoms with Crippen molar-refractivity contribution in [2.75, 3.05) is 6.54 Å². The quantitative estimate of drug-likeness (QED) is 0.895. The number of nitrogens with one attached hydrogen (secondary N) is 1. The molecule has 108 valence electrons. The lowest BCUT2D eigenvalue weighted by atomic mass is 9.88. The summed E-state index contributed by atoms with van der Waals surface area (Å²) in [6.07, 6.45) is 0. The Bertz CT molecular complexity index is 555. The molecule has 0 aliphatic heterocycles. The highest BCUT2D eigenvalue weighted by molar-refractivity contribution is 7.89. The second-order valence-corrected chi connectivity index (χ2v) is 7.42. The van der Waals surface area contributed by atoms with Crippen LogP contribution in [-0.2, 0) is 10.0 Å². The van der Waals surface area contributed by atoms with Crippen molar-refractivity contribution in [3.63, 3.8) is 0 Å². The number of sulfonamides is 1. The summed E-state index contributed by atoms with van der Waals surface area (Å²) < 4.78 is 40.5. The van der Waals surface area contributed by atoms with E-state index in [1.165, 1.54) is 18.2 Å². The lowest BCUT2D eigenvalue weighted by Crippen LogP contribution is -2.48. The molecular weight excluding hydrogens is 291 g/mol. The Morgan fingerprint density at radius 1 is 1.42 bits per heavy atom. The average Bonchev–Trinajstić information content (AvgIpc) is 2.28. The zero-order valence-electron chi connectivity index (χ0n) is 11.1. The van der Waals surface area contributed by atoms with E-state index in [2.05, 4.69) is 4.72 Å². The van der Waals surface area contributed by atoms with Crippen molar-refractivity contribution in [1.29, 1.82) is 0 Å². The van der Waals surface area contributed by atoms with Gasteiger partial charge in [0, 0.05) is 12.6 Å². The summed E-state index contributed by atoms with van der Waals surface area (Å²) in [5.41, 5.74) is 5.19. The topological polar surface area (TPSA) is 72.2 Å². The monoisotopic (exact) mass is 308 g/mol. The Hall–Kier alpha value is -0.690. The molecule has 1 aromatic carbocycles. The van der Waals surface area contributed by atoms with Gasteiger partial charge in [-0.3, -0.25) is 0 Å². The van der Waals surface area contributed by atoms with E-state index in [0.717, 1.165) is 0 Å². The summed E-state index contributed by atoms with van der Waals surface area (Å²) >= 11 is 5.59. The average molecular weight is 309 g/mol. The molecular formula is C12H18ClFN2O2S. The number of benzene rings is 1. The predicted molar refractivity (Wildman–Crippen MR) is 74.0 cm³/mol. The van der Waals surface area contributed by atoms with Gasteiger partial charge in [0.15, 0.2) is 5.82 Å². The van der Waals surface area contributed by atoms with Gasteiger partial charge >= 0.3 is 0 Å². The van der Waals surface area contributed by atoms with Crippen LogP contribution in [0.4, 0.5) is 4.39 Å².